The van der Waals surface area contributed by atoms with E-state index in [0.29, 0.717) is 25.7 Å². The molecule has 3 rings (SSSR count). The third kappa shape index (κ3) is 6.38. The van der Waals surface area contributed by atoms with Gasteiger partial charge in [0.05, 0.1) is 0 Å². The standard InChI is InChI=1S/C23H31N5O5/c1-23(2,3)33-21(30)18-12-11-17-10-9-16(13-25-27-24)19(20(29)28(17)18)26-22(31)32-14-15-7-5-4-6-8-15/h4-8,16-19H,9-14H2,1-3H3,(H,26,31)/t16-,17+,18-,19+/m1/s1. The van der Waals surface area contributed by atoms with Gasteiger partial charge in [-0.05, 0) is 63.5 Å². The first-order valence-corrected chi connectivity index (χ1v) is 11.2. The Bertz CT molecular complexity index is 910. The van der Waals surface area contributed by atoms with E-state index >= 15 is 0 Å². The molecule has 0 bridgehead atoms. The van der Waals surface area contributed by atoms with Crippen LogP contribution in [0.15, 0.2) is 35.4 Å². The molecule has 1 N–H and O–H groups in total. The van der Waals surface area contributed by atoms with E-state index in [1.54, 1.807) is 25.7 Å². The van der Waals surface area contributed by atoms with E-state index in [0.717, 1.165) is 5.56 Å². The number of benzene rings is 1. The van der Waals surface area contributed by atoms with E-state index in [9.17, 15) is 14.4 Å². The van der Waals surface area contributed by atoms with Gasteiger partial charge < -0.3 is 19.7 Å². The highest BCUT2D eigenvalue weighted by molar-refractivity contribution is 5.91. The molecule has 2 amide bonds. The lowest BCUT2D eigenvalue weighted by Crippen LogP contribution is -2.55. The number of ether oxygens (including phenoxy) is 2. The monoisotopic (exact) mass is 457 g/mol. The summed E-state index contributed by atoms with van der Waals surface area (Å²) in [4.78, 5) is 43.4. The molecule has 0 spiro atoms. The van der Waals surface area contributed by atoms with Crippen molar-refractivity contribution < 1.29 is 23.9 Å². The second-order valence-corrected chi connectivity index (χ2v) is 9.46. The Morgan fingerprint density at radius 2 is 1.88 bits per heavy atom. The van der Waals surface area contributed by atoms with Crippen LogP contribution in [0.1, 0.15) is 52.0 Å². The molecule has 0 unspecified atom stereocenters. The van der Waals surface area contributed by atoms with Crippen molar-refractivity contribution in [2.24, 2.45) is 11.0 Å². The van der Waals surface area contributed by atoms with E-state index < -0.39 is 35.7 Å². The first-order chi connectivity index (χ1) is 15.7. The van der Waals surface area contributed by atoms with Crippen LogP contribution >= 0.6 is 0 Å². The molecule has 0 aromatic heterocycles. The summed E-state index contributed by atoms with van der Waals surface area (Å²) in [5.74, 6) is -1.22. The minimum Gasteiger partial charge on any atom is -0.458 e. The lowest BCUT2D eigenvalue weighted by Gasteiger charge is -2.32. The van der Waals surface area contributed by atoms with Crippen LogP contribution in [0, 0.1) is 5.92 Å². The molecule has 2 aliphatic heterocycles. The Balaban J connectivity index is 1.77. The predicted molar refractivity (Wildman–Crippen MR) is 120 cm³/mol. The highest BCUT2D eigenvalue weighted by Crippen LogP contribution is 2.35. The fourth-order valence-corrected chi connectivity index (χ4v) is 4.45. The maximum Gasteiger partial charge on any atom is 0.408 e. The number of hydrogen-bond acceptors (Lipinski definition) is 6. The van der Waals surface area contributed by atoms with Crippen molar-refractivity contribution in [2.75, 3.05) is 6.54 Å². The maximum absolute atomic E-state index is 13.6. The third-order valence-electron chi connectivity index (χ3n) is 5.91. The molecule has 4 atom stereocenters. The second-order valence-electron chi connectivity index (χ2n) is 9.46. The molecule has 10 heteroatoms. The van der Waals surface area contributed by atoms with Gasteiger partial charge in [0.2, 0.25) is 5.91 Å². The summed E-state index contributed by atoms with van der Waals surface area (Å²) in [7, 11) is 0. The van der Waals surface area contributed by atoms with Gasteiger partial charge in [0.15, 0.2) is 0 Å². The summed E-state index contributed by atoms with van der Waals surface area (Å²) in [6, 6.07) is 7.40. The highest BCUT2D eigenvalue weighted by Gasteiger charge is 2.48. The van der Waals surface area contributed by atoms with Gasteiger partial charge >= 0.3 is 12.1 Å². The topological polar surface area (TPSA) is 134 Å². The molecule has 0 aliphatic carbocycles. The van der Waals surface area contributed by atoms with Gasteiger partial charge in [-0.15, -0.1) is 0 Å². The summed E-state index contributed by atoms with van der Waals surface area (Å²) in [5, 5.41) is 6.32. The van der Waals surface area contributed by atoms with Crippen LogP contribution < -0.4 is 5.32 Å². The number of fused-ring (bicyclic) bond motifs is 1. The van der Waals surface area contributed by atoms with E-state index in [2.05, 4.69) is 15.3 Å². The Kier molecular flexibility index (Phi) is 7.81. The van der Waals surface area contributed by atoms with Crippen LogP contribution in [-0.2, 0) is 25.7 Å². The van der Waals surface area contributed by atoms with Crippen LogP contribution in [0.5, 0.6) is 0 Å². The molecule has 0 saturated carbocycles. The largest absolute Gasteiger partial charge is 0.458 e. The number of nitrogens with zero attached hydrogens (tertiary/aromatic N) is 4. The molecular formula is C23H31N5O5. The van der Waals surface area contributed by atoms with Crippen LogP contribution in [0.25, 0.3) is 10.4 Å². The van der Waals surface area contributed by atoms with Gasteiger partial charge in [0.25, 0.3) is 0 Å². The fourth-order valence-electron chi connectivity index (χ4n) is 4.45. The van der Waals surface area contributed by atoms with Gasteiger partial charge in [-0.25, -0.2) is 9.59 Å². The van der Waals surface area contributed by atoms with Crippen molar-refractivity contribution in [3.63, 3.8) is 0 Å². The lowest BCUT2D eigenvalue weighted by molar-refractivity contribution is -0.164. The van der Waals surface area contributed by atoms with Gasteiger partial charge in [0.1, 0.15) is 24.3 Å². The molecule has 2 saturated heterocycles. The molecular weight excluding hydrogens is 426 g/mol. The lowest BCUT2D eigenvalue weighted by atomic mass is 9.93. The summed E-state index contributed by atoms with van der Waals surface area (Å²) in [6.07, 6.45) is 1.66. The molecule has 0 radical (unpaired) electrons. The number of carbonyl (C=O) groups excluding carboxylic acids is 3. The zero-order valence-corrected chi connectivity index (χ0v) is 19.3. The van der Waals surface area contributed by atoms with Crippen molar-refractivity contribution in [2.45, 2.75) is 76.8 Å². The molecule has 2 fully saturated rings. The zero-order valence-electron chi connectivity index (χ0n) is 19.3. The van der Waals surface area contributed by atoms with Gasteiger partial charge in [-0.2, -0.15) is 0 Å². The Hall–Kier alpha value is -3.26. The molecule has 33 heavy (non-hydrogen) atoms. The second kappa shape index (κ2) is 10.6. The molecule has 2 heterocycles. The van der Waals surface area contributed by atoms with Crippen molar-refractivity contribution in [3.05, 3.63) is 46.3 Å². The van der Waals surface area contributed by atoms with Crippen LogP contribution in [0.4, 0.5) is 4.79 Å². The molecule has 178 valence electrons. The van der Waals surface area contributed by atoms with Crippen molar-refractivity contribution >= 4 is 18.0 Å². The Labute approximate surface area is 193 Å². The number of alkyl carbamates (subject to hydrolysis) is 1. The minimum absolute atomic E-state index is 0.0570. The molecule has 1 aromatic carbocycles. The molecule has 2 aliphatic rings. The quantitative estimate of drug-likeness (QED) is 0.301. The van der Waals surface area contributed by atoms with E-state index in [-0.39, 0.29) is 25.1 Å². The number of amides is 2. The molecule has 1 aromatic rings. The maximum atomic E-state index is 13.6. The first kappa shape index (κ1) is 24.4. The summed E-state index contributed by atoms with van der Waals surface area (Å²) < 4.78 is 10.9. The summed E-state index contributed by atoms with van der Waals surface area (Å²) >= 11 is 0. The first-order valence-electron chi connectivity index (χ1n) is 11.2. The van der Waals surface area contributed by atoms with Crippen molar-refractivity contribution in [1.82, 2.24) is 10.2 Å². The average molecular weight is 458 g/mol. The third-order valence-corrected chi connectivity index (χ3v) is 5.91. The van der Waals surface area contributed by atoms with Gasteiger partial charge in [-0.3, -0.25) is 4.79 Å². The van der Waals surface area contributed by atoms with Crippen molar-refractivity contribution in [3.8, 4) is 0 Å². The Morgan fingerprint density at radius 1 is 1.18 bits per heavy atom. The van der Waals surface area contributed by atoms with Crippen LogP contribution in [0.2, 0.25) is 0 Å². The summed E-state index contributed by atoms with van der Waals surface area (Å²) in [5.41, 5.74) is 8.93. The van der Waals surface area contributed by atoms with Gasteiger partial charge in [-0.1, -0.05) is 35.4 Å². The number of rotatable bonds is 6. The number of esters is 1. The normalized spacial score (nSPS) is 24.8. The van der Waals surface area contributed by atoms with Crippen LogP contribution in [-0.4, -0.2) is 53.1 Å². The predicted octanol–water partition coefficient (Wildman–Crippen LogP) is 3.70. The fraction of sp³-hybridized carbons (Fsp3) is 0.609. The minimum atomic E-state index is -0.966. The molecule has 10 nitrogen and oxygen atoms in total. The van der Waals surface area contributed by atoms with Gasteiger partial charge in [0, 0.05) is 17.5 Å². The van der Waals surface area contributed by atoms with E-state index in [1.165, 1.54) is 0 Å². The summed E-state index contributed by atoms with van der Waals surface area (Å²) in [6.45, 7) is 5.46. The van der Waals surface area contributed by atoms with Crippen LogP contribution in [0.3, 0.4) is 0 Å². The number of nitrogens with one attached hydrogen (secondary N) is 1. The smallest absolute Gasteiger partial charge is 0.408 e. The highest BCUT2D eigenvalue weighted by atomic mass is 16.6. The van der Waals surface area contributed by atoms with E-state index in [1.807, 2.05) is 30.3 Å². The average Bonchev–Trinajstić information content (AvgIpc) is 3.15. The zero-order chi connectivity index (χ0) is 24.0. The SMILES string of the molecule is CC(C)(C)OC(=O)[C@H]1CC[C@@H]2CC[C@H](CN=[N+]=[N-])[C@H](NC(=O)OCc3ccccc3)C(=O)N21. The van der Waals surface area contributed by atoms with E-state index in [4.69, 9.17) is 15.0 Å². The number of azide groups is 1. The van der Waals surface area contributed by atoms with Crippen molar-refractivity contribution in [1.29, 1.82) is 0 Å². The number of hydrogen-bond donors (Lipinski definition) is 1. The number of carbonyl (C=O) groups is 3. The Morgan fingerprint density at radius 3 is 2.55 bits per heavy atom.